The van der Waals surface area contributed by atoms with E-state index in [0.29, 0.717) is 13.0 Å². The SMILES string of the molecule is CCCN(CCc1ccccc1)CCN(C(=O)CC)c1cccc(OC)c1. The van der Waals surface area contributed by atoms with Gasteiger partial charge in [0.15, 0.2) is 0 Å². The fraction of sp³-hybridized carbons (Fsp3) is 0.435. The molecule has 0 N–H and O–H groups in total. The van der Waals surface area contributed by atoms with Gasteiger partial charge >= 0.3 is 0 Å². The van der Waals surface area contributed by atoms with Crippen LogP contribution < -0.4 is 9.64 Å². The van der Waals surface area contributed by atoms with E-state index in [0.717, 1.165) is 43.9 Å². The number of methoxy groups -OCH3 is 1. The molecule has 2 rings (SSSR count). The van der Waals surface area contributed by atoms with Gasteiger partial charge in [0.25, 0.3) is 0 Å². The van der Waals surface area contributed by atoms with Gasteiger partial charge in [-0.05, 0) is 37.1 Å². The van der Waals surface area contributed by atoms with Crippen LogP contribution >= 0.6 is 0 Å². The molecule has 0 saturated heterocycles. The van der Waals surface area contributed by atoms with Crippen molar-refractivity contribution in [1.29, 1.82) is 0 Å². The molecule has 0 aliphatic carbocycles. The summed E-state index contributed by atoms with van der Waals surface area (Å²) >= 11 is 0. The Kier molecular flexibility index (Phi) is 8.85. The van der Waals surface area contributed by atoms with E-state index < -0.39 is 0 Å². The summed E-state index contributed by atoms with van der Waals surface area (Å²) in [5, 5.41) is 0. The lowest BCUT2D eigenvalue weighted by Gasteiger charge is -2.28. The average molecular weight is 369 g/mol. The highest BCUT2D eigenvalue weighted by Gasteiger charge is 2.16. The molecule has 4 heteroatoms. The topological polar surface area (TPSA) is 32.8 Å². The van der Waals surface area contributed by atoms with Crippen LogP contribution in [-0.4, -0.2) is 44.1 Å². The Hall–Kier alpha value is -2.33. The molecule has 27 heavy (non-hydrogen) atoms. The van der Waals surface area contributed by atoms with Crippen molar-refractivity contribution in [3.8, 4) is 5.75 Å². The van der Waals surface area contributed by atoms with Crippen LogP contribution in [0.3, 0.4) is 0 Å². The summed E-state index contributed by atoms with van der Waals surface area (Å²) in [4.78, 5) is 16.9. The molecule has 1 amide bonds. The van der Waals surface area contributed by atoms with Gasteiger partial charge in [-0.2, -0.15) is 0 Å². The molecule has 0 heterocycles. The van der Waals surface area contributed by atoms with E-state index >= 15 is 0 Å². The third-order valence-corrected chi connectivity index (χ3v) is 4.71. The summed E-state index contributed by atoms with van der Waals surface area (Å²) in [5.41, 5.74) is 2.26. The monoisotopic (exact) mass is 368 g/mol. The standard InChI is InChI=1S/C23H32N2O2/c1-4-15-24(16-14-20-10-7-6-8-11-20)17-18-25(23(26)5-2)21-12-9-13-22(19-21)27-3/h6-13,19H,4-5,14-18H2,1-3H3. The van der Waals surface area contributed by atoms with Gasteiger partial charge in [0.1, 0.15) is 5.75 Å². The van der Waals surface area contributed by atoms with Crippen molar-refractivity contribution < 1.29 is 9.53 Å². The summed E-state index contributed by atoms with van der Waals surface area (Å²) in [6.07, 6.45) is 2.63. The van der Waals surface area contributed by atoms with Gasteiger partial charge in [0, 0.05) is 37.8 Å². The molecule has 0 unspecified atom stereocenters. The molecule has 0 aromatic heterocycles. The van der Waals surface area contributed by atoms with Crippen molar-refractivity contribution in [3.05, 3.63) is 60.2 Å². The molecular formula is C23H32N2O2. The van der Waals surface area contributed by atoms with E-state index in [1.54, 1.807) is 7.11 Å². The van der Waals surface area contributed by atoms with Crippen molar-refractivity contribution in [3.63, 3.8) is 0 Å². The molecule has 0 atom stereocenters. The smallest absolute Gasteiger partial charge is 0.226 e. The largest absolute Gasteiger partial charge is 0.497 e. The average Bonchev–Trinajstić information content (AvgIpc) is 2.72. The van der Waals surface area contributed by atoms with Gasteiger partial charge in [-0.3, -0.25) is 4.79 Å². The lowest BCUT2D eigenvalue weighted by atomic mass is 10.1. The predicted octanol–water partition coefficient (Wildman–Crippen LogP) is 4.39. The van der Waals surface area contributed by atoms with Crippen LogP contribution in [0.15, 0.2) is 54.6 Å². The maximum Gasteiger partial charge on any atom is 0.226 e. The predicted molar refractivity (Wildman–Crippen MR) is 113 cm³/mol. The Labute approximate surface area is 163 Å². The molecule has 0 aliphatic heterocycles. The van der Waals surface area contributed by atoms with E-state index in [4.69, 9.17) is 4.74 Å². The van der Waals surface area contributed by atoms with Crippen LogP contribution in [-0.2, 0) is 11.2 Å². The number of rotatable bonds is 11. The zero-order valence-corrected chi connectivity index (χ0v) is 16.9. The molecule has 0 fully saturated rings. The zero-order chi connectivity index (χ0) is 19.5. The molecule has 0 spiro atoms. The van der Waals surface area contributed by atoms with Crippen LogP contribution in [0.1, 0.15) is 32.3 Å². The maximum absolute atomic E-state index is 12.5. The zero-order valence-electron chi connectivity index (χ0n) is 16.9. The normalized spacial score (nSPS) is 10.8. The van der Waals surface area contributed by atoms with E-state index in [-0.39, 0.29) is 5.91 Å². The van der Waals surface area contributed by atoms with Crippen LogP contribution in [0.25, 0.3) is 0 Å². The Bertz CT molecular complexity index is 688. The molecule has 0 radical (unpaired) electrons. The van der Waals surface area contributed by atoms with Crippen LogP contribution in [0.2, 0.25) is 0 Å². The minimum absolute atomic E-state index is 0.141. The van der Waals surface area contributed by atoms with Gasteiger partial charge < -0.3 is 14.5 Å². The minimum Gasteiger partial charge on any atom is -0.497 e. The Balaban J connectivity index is 2.02. The van der Waals surface area contributed by atoms with Crippen LogP contribution in [0, 0.1) is 0 Å². The second-order valence-corrected chi connectivity index (χ2v) is 6.68. The van der Waals surface area contributed by atoms with Crippen molar-refractivity contribution in [2.45, 2.75) is 33.1 Å². The molecule has 0 bridgehead atoms. The highest BCUT2D eigenvalue weighted by atomic mass is 16.5. The first-order valence-electron chi connectivity index (χ1n) is 9.88. The molecule has 0 aliphatic rings. The molecule has 146 valence electrons. The third kappa shape index (κ3) is 6.72. The summed E-state index contributed by atoms with van der Waals surface area (Å²) < 4.78 is 5.32. The Morgan fingerprint density at radius 1 is 0.926 bits per heavy atom. The lowest BCUT2D eigenvalue weighted by Crippen LogP contribution is -2.39. The van der Waals surface area contributed by atoms with Gasteiger partial charge in [0.2, 0.25) is 5.91 Å². The second kappa shape index (κ2) is 11.4. The summed E-state index contributed by atoms with van der Waals surface area (Å²) in [6, 6.07) is 18.3. The molecular weight excluding hydrogens is 336 g/mol. The van der Waals surface area contributed by atoms with Crippen molar-refractivity contribution in [2.24, 2.45) is 0 Å². The number of benzene rings is 2. The number of hydrogen-bond acceptors (Lipinski definition) is 3. The molecule has 4 nitrogen and oxygen atoms in total. The van der Waals surface area contributed by atoms with E-state index in [1.165, 1.54) is 5.56 Å². The van der Waals surface area contributed by atoms with E-state index in [1.807, 2.05) is 36.1 Å². The van der Waals surface area contributed by atoms with Gasteiger partial charge in [0.05, 0.1) is 7.11 Å². The third-order valence-electron chi connectivity index (χ3n) is 4.71. The first-order valence-corrected chi connectivity index (χ1v) is 9.88. The number of amides is 1. The number of ether oxygens (including phenoxy) is 1. The van der Waals surface area contributed by atoms with E-state index in [9.17, 15) is 4.79 Å². The van der Waals surface area contributed by atoms with Gasteiger partial charge in [-0.15, -0.1) is 0 Å². The quantitative estimate of drug-likeness (QED) is 0.590. The first-order chi connectivity index (χ1) is 13.2. The fourth-order valence-electron chi connectivity index (χ4n) is 3.19. The summed E-state index contributed by atoms with van der Waals surface area (Å²) in [5.74, 6) is 0.915. The Morgan fingerprint density at radius 3 is 2.37 bits per heavy atom. The number of carbonyl (C=O) groups is 1. The van der Waals surface area contributed by atoms with Crippen molar-refractivity contribution >= 4 is 11.6 Å². The van der Waals surface area contributed by atoms with Crippen LogP contribution in [0.4, 0.5) is 5.69 Å². The summed E-state index contributed by atoms with van der Waals surface area (Å²) in [6.45, 7) is 7.71. The Morgan fingerprint density at radius 2 is 1.70 bits per heavy atom. The van der Waals surface area contributed by atoms with Gasteiger partial charge in [-0.25, -0.2) is 0 Å². The highest BCUT2D eigenvalue weighted by molar-refractivity contribution is 5.93. The maximum atomic E-state index is 12.5. The van der Waals surface area contributed by atoms with E-state index in [2.05, 4.69) is 42.2 Å². The molecule has 2 aromatic carbocycles. The number of nitrogens with zero attached hydrogens (tertiary/aromatic N) is 2. The number of hydrogen-bond donors (Lipinski definition) is 0. The second-order valence-electron chi connectivity index (χ2n) is 6.68. The highest BCUT2D eigenvalue weighted by Crippen LogP contribution is 2.21. The van der Waals surface area contributed by atoms with Crippen molar-refractivity contribution in [2.75, 3.05) is 38.2 Å². The minimum atomic E-state index is 0.141. The first kappa shape index (κ1) is 21.0. The fourth-order valence-corrected chi connectivity index (χ4v) is 3.19. The number of anilines is 1. The van der Waals surface area contributed by atoms with Crippen LogP contribution in [0.5, 0.6) is 5.75 Å². The van der Waals surface area contributed by atoms with Gasteiger partial charge in [-0.1, -0.05) is 50.2 Å². The molecule has 2 aromatic rings. The summed E-state index contributed by atoms with van der Waals surface area (Å²) in [7, 11) is 1.65. The van der Waals surface area contributed by atoms with Crippen molar-refractivity contribution in [1.82, 2.24) is 4.90 Å². The number of carbonyl (C=O) groups excluding carboxylic acids is 1. The molecule has 0 saturated carbocycles. The lowest BCUT2D eigenvalue weighted by molar-refractivity contribution is -0.118.